The van der Waals surface area contributed by atoms with Crippen molar-refractivity contribution < 1.29 is 60.0 Å². The van der Waals surface area contributed by atoms with Crippen molar-refractivity contribution in [2.45, 2.75) is 11.1 Å². The monoisotopic (exact) mass is 338 g/mol. The molecule has 0 saturated carbocycles. The Morgan fingerprint density at radius 2 is 1.11 bits per heavy atom. The number of hydrogen-bond donors (Lipinski definition) is 9. The van der Waals surface area contributed by atoms with Crippen LogP contribution in [0.15, 0.2) is 0 Å². The third-order valence-corrected chi connectivity index (χ3v) is 2.27. The van der Waals surface area contributed by atoms with Gasteiger partial charge in [0.15, 0.2) is 0 Å². The minimum atomic E-state index is -4.61. The molecular formula is C8H24NO8SiTi. The molecule has 0 aromatic carbocycles. The summed E-state index contributed by atoms with van der Waals surface area (Å²) >= 11 is 2.13. The van der Waals surface area contributed by atoms with Crippen molar-refractivity contribution in [1.29, 1.82) is 0 Å². The first-order valence-electron chi connectivity index (χ1n) is 5.34. The normalized spacial score (nSPS) is 10.9. The molecule has 117 valence electrons. The van der Waals surface area contributed by atoms with E-state index in [1.165, 1.54) is 11.1 Å². The van der Waals surface area contributed by atoms with Gasteiger partial charge in [0.2, 0.25) is 0 Å². The minimum absolute atomic E-state index is 0.406. The molecule has 0 aliphatic rings. The molecule has 0 bridgehead atoms. The summed E-state index contributed by atoms with van der Waals surface area (Å²) < 4.78 is 1.22. The van der Waals surface area contributed by atoms with E-state index in [1.54, 1.807) is 0 Å². The molecule has 19 heavy (non-hydrogen) atoms. The average Bonchev–Trinajstić information content (AvgIpc) is 2.32. The van der Waals surface area contributed by atoms with Crippen molar-refractivity contribution in [2.75, 3.05) is 33.0 Å². The molecule has 0 aliphatic carbocycles. The van der Waals surface area contributed by atoms with Crippen LogP contribution in [0.3, 0.4) is 0 Å². The Balaban J connectivity index is -0.000000219. The summed E-state index contributed by atoms with van der Waals surface area (Å²) in [6.45, 7) is -0.781. The van der Waals surface area contributed by atoms with Gasteiger partial charge in [0, 0.05) is 0 Å². The molecule has 0 spiro atoms. The summed E-state index contributed by atoms with van der Waals surface area (Å²) in [4.78, 5) is 29.3. The molecule has 0 radical (unpaired) electrons. The van der Waals surface area contributed by atoms with Crippen molar-refractivity contribution in [2.24, 2.45) is 11.1 Å². The number of aliphatic hydroxyl groups is 4. The zero-order chi connectivity index (χ0) is 15.9. The van der Waals surface area contributed by atoms with Crippen LogP contribution < -0.4 is 5.73 Å². The van der Waals surface area contributed by atoms with Crippen LogP contribution in [0.2, 0.25) is 4.73 Å². The molecular weight excluding hydrogens is 314 g/mol. The number of aliphatic hydroxyl groups excluding tert-OH is 4. The summed E-state index contributed by atoms with van der Waals surface area (Å²) in [7, 11) is -4.61. The first-order valence-corrected chi connectivity index (χ1v) is 8.23. The van der Waals surface area contributed by atoms with E-state index in [9.17, 15) is 0 Å². The van der Waals surface area contributed by atoms with Gasteiger partial charge in [0.1, 0.15) is 0 Å². The Hall–Kier alpha value is 0.571. The summed E-state index contributed by atoms with van der Waals surface area (Å²) in [5.41, 5.74) is 4.03. The van der Waals surface area contributed by atoms with Gasteiger partial charge in [-0.1, -0.05) is 0 Å². The molecule has 0 atom stereocenters. The molecule has 11 heteroatoms. The van der Waals surface area contributed by atoms with Crippen molar-refractivity contribution in [3.8, 4) is 0 Å². The first kappa shape index (κ1) is 24.6. The van der Waals surface area contributed by atoms with Crippen molar-refractivity contribution in [3.63, 3.8) is 0 Å². The van der Waals surface area contributed by atoms with Crippen molar-refractivity contribution >= 4 is 9.05 Å². The van der Waals surface area contributed by atoms with Crippen molar-refractivity contribution in [3.05, 3.63) is 0 Å². The van der Waals surface area contributed by atoms with Gasteiger partial charge in [0.25, 0.3) is 0 Å². The predicted molar refractivity (Wildman–Crippen MR) is 63.9 cm³/mol. The average molecular weight is 338 g/mol. The van der Waals surface area contributed by atoms with Crippen molar-refractivity contribution in [1.82, 2.24) is 0 Å². The third kappa shape index (κ3) is 24.0. The molecule has 0 aromatic rings. The molecule has 0 unspecified atom stereocenters. The minimum Gasteiger partial charge on any atom is -0.396 e. The third-order valence-electron chi connectivity index (χ3n) is 1.72. The summed E-state index contributed by atoms with van der Waals surface area (Å²) in [6, 6.07) is 0. The van der Waals surface area contributed by atoms with Gasteiger partial charge < -0.3 is 39.6 Å². The summed E-state index contributed by atoms with van der Waals surface area (Å²) in [5, 5.41) is 34.0. The van der Waals surface area contributed by atoms with Crippen LogP contribution in [0, 0.1) is 5.41 Å². The maximum absolute atomic E-state index is 8.50. The van der Waals surface area contributed by atoms with Gasteiger partial charge in [-0.25, -0.2) is 0 Å². The second-order valence-electron chi connectivity index (χ2n) is 3.62. The van der Waals surface area contributed by atoms with E-state index >= 15 is 0 Å². The van der Waals surface area contributed by atoms with E-state index in [-0.39, 0.29) is 0 Å². The van der Waals surface area contributed by atoms with E-state index < -0.39 is 40.9 Å². The Bertz CT molecular complexity index is 153. The number of nitrogens with two attached hydrogens (primary N) is 1. The van der Waals surface area contributed by atoms with Gasteiger partial charge in [-0.05, 0) is 0 Å². The standard InChI is InChI=1S/C5H12O4.C3H8N.H4O4Si.Ti/c6-1-5(2-7,3-8)4-9;1-2-3-4;1-5(2,3)4;/h6-9H,1-4H2;1-4H2;1-4H;. The Morgan fingerprint density at radius 1 is 0.842 bits per heavy atom. The zero-order valence-corrected chi connectivity index (χ0v) is 13.2. The van der Waals surface area contributed by atoms with E-state index in [0.29, 0.717) is 0 Å². The smallest absolute Gasteiger partial charge is 0.396 e. The van der Waals surface area contributed by atoms with Gasteiger partial charge in [-0.2, -0.15) is 0 Å². The largest absolute Gasteiger partial charge is 0.668 e. The molecule has 0 aromatic heterocycles. The van der Waals surface area contributed by atoms with Crippen LogP contribution >= 0.6 is 0 Å². The topological polar surface area (TPSA) is 188 Å². The fraction of sp³-hybridized carbons (Fsp3) is 1.00. The maximum Gasteiger partial charge on any atom is 0.668 e. The molecule has 0 saturated heterocycles. The van der Waals surface area contributed by atoms with E-state index in [4.69, 9.17) is 45.3 Å². The molecule has 9 nitrogen and oxygen atoms in total. The summed E-state index contributed by atoms with van der Waals surface area (Å²) in [6.07, 6.45) is 1.17. The summed E-state index contributed by atoms with van der Waals surface area (Å²) in [5.74, 6) is 0. The Morgan fingerprint density at radius 3 is 1.11 bits per heavy atom. The molecule has 0 aliphatic heterocycles. The first-order chi connectivity index (χ1) is 8.66. The van der Waals surface area contributed by atoms with Crippen LogP contribution in [0.4, 0.5) is 0 Å². The van der Waals surface area contributed by atoms with E-state index in [0.717, 1.165) is 6.54 Å². The van der Waals surface area contributed by atoms with Crippen LogP contribution in [0.5, 0.6) is 0 Å². The molecule has 0 rings (SSSR count). The fourth-order valence-electron chi connectivity index (χ4n) is 0.402. The molecule has 0 heterocycles. The number of rotatable bonds is 6. The molecule has 0 amide bonds. The Labute approximate surface area is 124 Å². The van der Waals surface area contributed by atoms with Crippen LogP contribution in [0.1, 0.15) is 6.42 Å². The van der Waals surface area contributed by atoms with Crippen LogP contribution in [-0.4, -0.2) is 81.6 Å². The molecule has 0 fully saturated rings. The number of hydrogen-bond acceptors (Lipinski definition) is 9. The van der Waals surface area contributed by atoms with Gasteiger partial charge in [-0.3, -0.25) is 0 Å². The van der Waals surface area contributed by atoms with Gasteiger partial charge >= 0.3 is 52.9 Å². The Kier molecular flexibility index (Phi) is 19.4. The zero-order valence-electron chi connectivity index (χ0n) is 10.6. The second kappa shape index (κ2) is 15.0. The quantitative estimate of drug-likeness (QED) is 0.216. The van der Waals surface area contributed by atoms with E-state index in [1.807, 2.05) is 0 Å². The van der Waals surface area contributed by atoms with Crippen LogP contribution in [0.25, 0.3) is 0 Å². The van der Waals surface area contributed by atoms with E-state index in [2.05, 4.69) is 20.4 Å². The van der Waals surface area contributed by atoms with Gasteiger partial charge in [0.05, 0.1) is 31.8 Å². The van der Waals surface area contributed by atoms with Crippen LogP contribution in [-0.2, 0) is 20.4 Å². The predicted octanol–water partition coefficient (Wildman–Crippen LogP) is -4.37. The maximum atomic E-state index is 8.50. The fourth-order valence-corrected chi connectivity index (χ4v) is 0.721. The van der Waals surface area contributed by atoms with Gasteiger partial charge in [-0.15, -0.1) is 0 Å². The molecule has 10 N–H and O–H groups in total. The second-order valence-corrected chi connectivity index (χ2v) is 5.61. The SMILES string of the molecule is NCC[CH2][Ti].OCC(CO)(CO)CO.O[Si](O)(O)O.